The van der Waals surface area contributed by atoms with Crippen LogP contribution in [0.25, 0.3) is 0 Å². The van der Waals surface area contributed by atoms with Crippen LogP contribution in [0.1, 0.15) is 64.7 Å². The van der Waals surface area contributed by atoms with Gasteiger partial charge in [-0.25, -0.2) is 0 Å². The molecular formula is C16H34O2Si. The standard InChI is InChI=1S/C16H34O2Si/c1-5-6-7-8-9-10-11-12-13-14(17)15-16(18-15)19(2,3)4/h14-17H,5-13H2,1-4H3/t14-,15+,16+/m1/s1. The van der Waals surface area contributed by atoms with E-state index >= 15 is 0 Å². The molecule has 3 atom stereocenters. The van der Waals surface area contributed by atoms with Crippen LogP contribution >= 0.6 is 0 Å². The van der Waals surface area contributed by atoms with E-state index in [1.807, 2.05) is 0 Å². The fraction of sp³-hybridized carbons (Fsp3) is 1.00. The summed E-state index contributed by atoms with van der Waals surface area (Å²) < 4.78 is 5.68. The van der Waals surface area contributed by atoms with E-state index in [4.69, 9.17) is 4.74 Å². The van der Waals surface area contributed by atoms with Crippen LogP contribution in [0.5, 0.6) is 0 Å². The number of hydrogen-bond donors (Lipinski definition) is 1. The molecule has 0 aromatic heterocycles. The highest BCUT2D eigenvalue weighted by molar-refractivity contribution is 6.78. The van der Waals surface area contributed by atoms with E-state index in [1.165, 1.54) is 44.9 Å². The van der Waals surface area contributed by atoms with Crippen molar-refractivity contribution in [3.63, 3.8) is 0 Å². The van der Waals surface area contributed by atoms with Crippen LogP contribution in [0.3, 0.4) is 0 Å². The van der Waals surface area contributed by atoms with E-state index in [-0.39, 0.29) is 12.2 Å². The van der Waals surface area contributed by atoms with Crippen molar-refractivity contribution in [2.75, 3.05) is 0 Å². The third-order valence-corrected chi connectivity index (χ3v) is 6.28. The number of epoxide rings is 1. The molecule has 1 heterocycles. The molecule has 114 valence electrons. The second kappa shape index (κ2) is 8.43. The van der Waals surface area contributed by atoms with Gasteiger partial charge in [-0.15, -0.1) is 0 Å². The lowest BCUT2D eigenvalue weighted by molar-refractivity contribution is 0.123. The fourth-order valence-corrected chi connectivity index (χ4v) is 4.54. The van der Waals surface area contributed by atoms with Crippen LogP contribution in [-0.2, 0) is 4.74 Å². The predicted molar refractivity (Wildman–Crippen MR) is 85.2 cm³/mol. The van der Waals surface area contributed by atoms with E-state index in [1.54, 1.807) is 0 Å². The summed E-state index contributed by atoms with van der Waals surface area (Å²) in [5.41, 5.74) is 0.400. The molecular weight excluding hydrogens is 252 g/mol. The van der Waals surface area contributed by atoms with Gasteiger partial charge in [-0.1, -0.05) is 77.9 Å². The van der Waals surface area contributed by atoms with E-state index in [9.17, 15) is 5.11 Å². The zero-order valence-corrected chi connectivity index (χ0v) is 14.5. The van der Waals surface area contributed by atoms with E-state index in [0.29, 0.717) is 5.73 Å². The monoisotopic (exact) mass is 286 g/mol. The normalized spacial score (nSPS) is 24.5. The van der Waals surface area contributed by atoms with Crippen molar-refractivity contribution in [1.82, 2.24) is 0 Å². The lowest BCUT2D eigenvalue weighted by Gasteiger charge is -2.13. The smallest absolute Gasteiger partial charge is 0.107 e. The lowest BCUT2D eigenvalue weighted by Crippen LogP contribution is -2.33. The summed E-state index contributed by atoms with van der Waals surface area (Å²) in [6.07, 6.45) is 11.5. The molecule has 1 N–H and O–H groups in total. The van der Waals surface area contributed by atoms with Gasteiger partial charge in [-0.3, -0.25) is 0 Å². The molecule has 0 unspecified atom stereocenters. The van der Waals surface area contributed by atoms with Crippen molar-refractivity contribution in [1.29, 1.82) is 0 Å². The first-order valence-corrected chi connectivity index (χ1v) is 11.9. The highest BCUT2D eigenvalue weighted by Gasteiger charge is 2.51. The quantitative estimate of drug-likeness (QED) is 0.344. The summed E-state index contributed by atoms with van der Waals surface area (Å²) in [7, 11) is -1.20. The Morgan fingerprint density at radius 2 is 1.47 bits per heavy atom. The van der Waals surface area contributed by atoms with Gasteiger partial charge in [0.2, 0.25) is 0 Å². The minimum atomic E-state index is -1.20. The third-order valence-electron chi connectivity index (χ3n) is 4.11. The minimum absolute atomic E-state index is 0.163. The highest BCUT2D eigenvalue weighted by Crippen LogP contribution is 2.35. The SMILES string of the molecule is CCCCCCCCCC[C@@H](O)[C@@H]1O[C@H]1[Si](C)(C)C. The molecule has 0 radical (unpaired) electrons. The molecule has 1 fully saturated rings. The number of aliphatic hydroxyl groups excluding tert-OH is 1. The number of rotatable bonds is 11. The van der Waals surface area contributed by atoms with Crippen molar-refractivity contribution in [3.8, 4) is 0 Å². The third kappa shape index (κ3) is 6.91. The minimum Gasteiger partial charge on any atom is -0.390 e. The Bertz CT molecular complexity index is 237. The summed E-state index contributed by atoms with van der Waals surface area (Å²) >= 11 is 0. The van der Waals surface area contributed by atoms with Crippen LogP contribution in [0.4, 0.5) is 0 Å². The summed E-state index contributed by atoms with van der Waals surface area (Å²) in [5.74, 6) is 0. The molecule has 3 heteroatoms. The van der Waals surface area contributed by atoms with Gasteiger partial charge >= 0.3 is 0 Å². The van der Waals surface area contributed by atoms with E-state index < -0.39 is 8.07 Å². The van der Waals surface area contributed by atoms with Crippen LogP contribution in [0.15, 0.2) is 0 Å². The van der Waals surface area contributed by atoms with Gasteiger partial charge in [0.1, 0.15) is 6.10 Å². The Balaban J connectivity index is 1.93. The lowest BCUT2D eigenvalue weighted by atomic mass is 10.0. The molecule has 1 saturated heterocycles. The highest BCUT2D eigenvalue weighted by atomic mass is 28.3. The molecule has 0 spiro atoms. The van der Waals surface area contributed by atoms with Crippen molar-refractivity contribution in [3.05, 3.63) is 0 Å². The maximum atomic E-state index is 10.1. The second-order valence-electron chi connectivity index (χ2n) is 7.22. The maximum Gasteiger partial charge on any atom is 0.107 e. The first-order valence-electron chi connectivity index (χ1n) is 8.30. The van der Waals surface area contributed by atoms with Crippen LogP contribution in [-0.4, -0.2) is 31.1 Å². The molecule has 0 amide bonds. The van der Waals surface area contributed by atoms with Gasteiger partial charge < -0.3 is 9.84 Å². The van der Waals surface area contributed by atoms with Gasteiger partial charge in [-0.05, 0) is 6.42 Å². The molecule has 19 heavy (non-hydrogen) atoms. The topological polar surface area (TPSA) is 32.8 Å². The van der Waals surface area contributed by atoms with Crippen molar-refractivity contribution in [2.45, 2.75) is 102 Å². The molecule has 0 aromatic carbocycles. The van der Waals surface area contributed by atoms with Crippen LogP contribution in [0.2, 0.25) is 19.6 Å². The molecule has 0 aromatic rings. The largest absolute Gasteiger partial charge is 0.390 e. The van der Waals surface area contributed by atoms with E-state index in [2.05, 4.69) is 26.6 Å². The van der Waals surface area contributed by atoms with Gasteiger partial charge in [0.05, 0.1) is 19.9 Å². The zero-order chi connectivity index (χ0) is 14.3. The Morgan fingerprint density at radius 1 is 0.947 bits per heavy atom. The van der Waals surface area contributed by atoms with Crippen LogP contribution in [0, 0.1) is 0 Å². The van der Waals surface area contributed by atoms with Crippen molar-refractivity contribution >= 4 is 8.07 Å². The summed E-state index contributed by atoms with van der Waals surface area (Å²) in [4.78, 5) is 0. The molecule has 1 rings (SSSR count). The predicted octanol–water partition coefficient (Wildman–Crippen LogP) is 4.52. The molecule has 1 aliphatic rings. The number of ether oxygens (including phenoxy) is 1. The summed E-state index contributed by atoms with van der Waals surface area (Å²) in [6.45, 7) is 9.22. The molecule has 2 nitrogen and oxygen atoms in total. The average Bonchev–Trinajstić information content (AvgIpc) is 3.12. The molecule has 0 saturated carbocycles. The number of aliphatic hydroxyl groups is 1. The summed E-state index contributed by atoms with van der Waals surface area (Å²) in [5, 5.41) is 10.1. The Morgan fingerprint density at radius 3 is 1.95 bits per heavy atom. The number of unbranched alkanes of at least 4 members (excludes halogenated alkanes) is 7. The maximum absolute atomic E-state index is 10.1. The number of hydrogen-bond acceptors (Lipinski definition) is 2. The Kier molecular flexibility index (Phi) is 7.63. The molecule has 0 bridgehead atoms. The molecule has 1 aliphatic heterocycles. The first-order chi connectivity index (χ1) is 8.96. The fourth-order valence-electron chi connectivity index (χ4n) is 2.76. The Hall–Kier alpha value is 0.137. The van der Waals surface area contributed by atoms with E-state index in [0.717, 1.165) is 12.8 Å². The molecule has 0 aliphatic carbocycles. The van der Waals surface area contributed by atoms with Gasteiger partial charge in [0.25, 0.3) is 0 Å². The van der Waals surface area contributed by atoms with Gasteiger partial charge in [0.15, 0.2) is 0 Å². The second-order valence-corrected chi connectivity index (χ2v) is 12.5. The Labute approximate surface area is 120 Å². The van der Waals surface area contributed by atoms with Crippen molar-refractivity contribution < 1.29 is 9.84 Å². The first kappa shape index (κ1) is 17.2. The van der Waals surface area contributed by atoms with Crippen LogP contribution < -0.4 is 0 Å². The van der Waals surface area contributed by atoms with Gasteiger partial charge in [-0.2, -0.15) is 0 Å². The average molecular weight is 287 g/mol. The van der Waals surface area contributed by atoms with Crippen molar-refractivity contribution in [2.24, 2.45) is 0 Å². The van der Waals surface area contributed by atoms with Gasteiger partial charge in [0, 0.05) is 0 Å². The summed E-state index contributed by atoms with van der Waals surface area (Å²) in [6, 6.07) is 0. The zero-order valence-electron chi connectivity index (χ0n) is 13.5.